The van der Waals surface area contributed by atoms with E-state index in [1.165, 1.54) is 32.4 Å². The van der Waals surface area contributed by atoms with Crippen LogP contribution in [-0.2, 0) is 4.79 Å². The fourth-order valence-electron chi connectivity index (χ4n) is 2.53. The van der Waals surface area contributed by atoms with Gasteiger partial charge < -0.3 is 14.9 Å². The number of hydrogen-bond acceptors (Lipinski definition) is 3. The van der Waals surface area contributed by atoms with Gasteiger partial charge in [-0.15, -0.1) is 0 Å². The molecule has 0 aromatic heterocycles. The summed E-state index contributed by atoms with van der Waals surface area (Å²) in [6.45, 7) is 10.6. The van der Waals surface area contributed by atoms with Crippen LogP contribution in [0.5, 0.6) is 0 Å². The molecule has 0 saturated carbocycles. The Bertz CT molecular complexity index is 238. The summed E-state index contributed by atoms with van der Waals surface area (Å²) in [5.74, 6) is -0.0955. The first-order valence-electron chi connectivity index (χ1n) is 7.24. The Morgan fingerprint density at radius 2 is 1.89 bits per heavy atom. The molecule has 0 aromatic rings. The van der Waals surface area contributed by atoms with Gasteiger partial charge in [0.1, 0.15) is 0 Å². The van der Waals surface area contributed by atoms with E-state index in [1.807, 2.05) is 0 Å². The zero-order valence-electron chi connectivity index (χ0n) is 11.9. The van der Waals surface area contributed by atoms with Crippen molar-refractivity contribution in [2.24, 2.45) is 5.92 Å². The summed E-state index contributed by atoms with van der Waals surface area (Å²) in [6.07, 6.45) is 4.26. The van der Waals surface area contributed by atoms with E-state index in [1.54, 1.807) is 0 Å². The van der Waals surface area contributed by atoms with Gasteiger partial charge in [0.2, 0.25) is 0 Å². The molecule has 1 aliphatic heterocycles. The third-order valence-corrected chi connectivity index (χ3v) is 3.45. The highest BCUT2D eigenvalue weighted by molar-refractivity contribution is 5.66. The Kier molecular flexibility index (Phi) is 7.28. The minimum atomic E-state index is -0.693. The van der Waals surface area contributed by atoms with E-state index in [0.29, 0.717) is 12.5 Å². The van der Waals surface area contributed by atoms with Crippen molar-refractivity contribution in [1.29, 1.82) is 0 Å². The summed E-state index contributed by atoms with van der Waals surface area (Å²) in [7, 11) is 0. The SMILES string of the molecule is CC(C)CN(CCC(=O)O)CCN1CCCCC1. The average molecular weight is 256 g/mol. The van der Waals surface area contributed by atoms with Crippen LogP contribution < -0.4 is 0 Å². The van der Waals surface area contributed by atoms with E-state index in [9.17, 15) is 4.79 Å². The Labute approximate surface area is 111 Å². The van der Waals surface area contributed by atoms with Crippen LogP contribution in [0.1, 0.15) is 39.5 Å². The van der Waals surface area contributed by atoms with Crippen molar-refractivity contribution in [1.82, 2.24) is 9.80 Å². The minimum absolute atomic E-state index is 0.257. The molecule has 0 aromatic carbocycles. The molecule has 106 valence electrons. The third-order valence-electron chi connectivity index (χ3n) is 3.45. The molecule has 1 fully saturated rings. The monoisotopic (exact) mass is 256 g/mol. The molecule has 0 amide bonds. The molecule has 0 atom stereocenters. The Hall–Kier alpha value is -0.610. The average Bonchev–Trinajstić information content (AvgIpc) is 2.33. The van der Waals surface area contributed by atoms with Gasteiger partial charge in [-0.3, -0.25) is 4.79 Å². The second-order valence-electron chi connectivity index (χ2n) is 5.74. The smallest absolute Gasteiger partial charge is 0.304 e. The van der Waals surface area contributed by atoms with E-state index >= 15 is 0 Å². The minimum Gasteiger partial charge on any atom is -0.481 e. The molecule has 4 nitrogen and oxygen atoms in total. The van der Waals surface area contributed by atoms with Crippen molar-refractivity contribution >= 4 is 5.97 Å². The molecule has 1 saturated heterocycles. The van der Waals surface area contributed by atoms with Crippen LogP contribution in [0.4, 0.5) is 0 Å². The maximum absolute atomic E-state index is 10.7. The Morgan fingerprint density at radius 3 is 2.44 bits per heavy atom. The van der Waals surface area contributed by atoms with Gasteiger partial charge in [0.15, 0.2) is 0 Å². The van der Waals surface area contributed by atoms with Crippen molar-refractivity contribution in [3.63, 3.8) is 0 Å². The number of carboxylic acid groups (broad SMARTS) is 1. The zero-order chi connectivity index (χ0) is 13.4. The van der Waals surface area contributed by atoms with Crippen molar-refractivity contribution in [2.75, 3.05) is 39.3 Å². The van der Waals surface area contributed by atoms with Crippen LogP contribution in [0, 0.1) is 5.92 Å². The van der Waals surface area contributed by atoms with Crippen LogP contribution in [0.2, 0.25) is 0 Å². The van der Waals surface area contributed by atoms with Crippen LogP contribution in [0.15, 0.2) is 0 Å². The maximum atomic E-state index is 10.7. The van der Waals surface area contributed by atoms with Gasteiger partial charge in [-0.1, -0.05) is 20.3 Å². The summed E-state index contributed by atoms with van der Waals surface area (Å²) in [5, 5.41) is 8.78. The molecule has 18 heavy (non-hydrogen) atoms. The molecule has 0 unspecified atom stereocenters. The number of hydrogen-bond donors (Lipinski definition) is 1. The zero-order valence-corrected chi connectivity index (χ0v) is 11.9. The summed E-state index contributed by atoms with van der Waals surface area (Å²) < 4.78 is 0. The molecule has 1 heterocycles. The summed E-state index contributed by atoms with van der Waals surface area (Å²) in [6, 6.07) is 0. The van der Waals surface area contributed by atoms with E-state index in [2.05, 4.69) is 23.6 Å². The number of piperidine rings is 1. The van der Waals surface area contributed by atoms with Crippen LogP contribution in [-0.4, -0.2) is 60.1 Å². The van der Waals surface area contributed by atoms with Gasteiger partial charge in [-0.05, 0) is 31.8 Å². The topological polar surface area (TPSA) is 43.8 Å². The van der Waals surface area contributed by atoms with Crippen LogP contribution in [0.25, 0.3) is 0 Å². The normalized spacial score (nSPS) is 17.6. The number of carbonyl (C=O) groups is 1. The first kappa shape index (κ1) is 15.4. The predicted molar refractivity (Wildman–Crippen MR) is 73.8 cm³/mol. The van der Waals surface area contributed by atoms with E-state index < -0.39 is 5.97 Å². The van der Waals surface area contributed by atoms with Crippen LogP contribution in [0.3, 0.4) is 0 Å². The first-order chi connectivity index (χ1) is 8.58. The van der Waals surface area contributed by atoms with Crippen molar-refractivity contribution < 1.29 is 9.90 Å². The summed E-state index contributed by atoms with van der Waals surface area (Å²) in [4.78, 5) is 15.5. The molecule has 0 spiro atoms. The van der Waals surface area contributed by atoms with Gasteiger partial charge in [0.05, 0.1) is 6.42 Å². The second kappa shape index (κ2) is 8.48. The van der Waals surface area contributed by atoms with Crippen molar-refractivity contribution in [3.05, 3.63) is 0 Å². The highest BCUT2D eigenvalue weighted by atomic mass is 16.4. The Balaban J connectivity index is 2.27. The van der Waals surface area contributed by atoms with Crippen LogP contribution >= 0.6 is 0 Å². The van der Waals surface area contributed by atoms with Crippen molar-refractivity contribution in [2.45, 2.75) is 39.5 Å². The summed E-state index contributed by atoms with van der Waals surface area (Å²) in [5.41, 5.74) is 0. The highest BCUT2D eigenvalue weighted by Crippen LogP contribution is 2.09. The lowest BCUT2D eigenvalue weighted by Gasteiger charge is -2.30. The van der Waals surface area contributed by atoms with E-state index in [4.69, 9.17) is 5.11 Å². The molecule has 0 radical (unpaired) electrons. The molecular formula is C14H28N2O2. The fourth-order valence-corrected chi connectivity index (χ4v) is 2.53. The van der Waals surface area contributed by atoms with Gasteiger partial charge >= 0.3 is 5.97 Å². The number of aliphatic carboxylic acids is 1. The predicted octanol–water partition coefficient (Wildman–Crippen LogP) is 1.91. The lowest BCUT2D eigenvalue weighted by Crippen LogP contribution is -2.39. The molecule has 0 aliphatic carbocycles. The fraction of sp³-hybridized carbons (Fsp3) is 0.929. The first-order valence-corrected chi connectivity index (χ1v) is 7.24. The quantitative estimate of drug-likeness (QED) is 0.720. The lowest BCUT2D eigenvalue weighted by atomic mass is 10.1. The van der Waals surface area contributed by atoms with Gasteiger partial charge in [0, 0.05) is 26.2 Å². The number of carboxylic acids is 1. The second-order valence-corrected chi connectivity index (χ2v) is 5.74. The molecule has 4 heteroatoms. The number of likely N-dealkylation sites (tertiary alicyclic amines) is 1. The van der Waals surface area contributed by atoms with Gasteiger partial charge in [-0.2, -0.15) is 0 Å². The molecule has 1 aliphatic rings. The number of rotatable bonds is 8. The molecular weight excluding hydrogens is 228 g/mol. The van der Waals surface area contributed by atoms with Gasteiger partial charge in [0.25, 0.3) is 0 Å². The molecule has 0 bridgehead atoms. The number of nitrogens with zero attached hydrogens (tertiary/aromatic N) is 2. The standard InChI is InChI=1S/C14H28N2O2/c1-13(2)12-16(9-6-14(17)18)11-10-15-7-4-3-5-8-15/h13H,3-12H2,1-2H3,(H,17,18). The molecule has 1 rings (SSSR count). The van der Waals surface area contributed by atoms with Gasteiger partial charge in [-0.25, -0.2) is 0 Å². The third kappa shape index (κ3) is 6.97. The molecule has 1 N–H and O–H groups in total. The van der Waals surface area contributed by atoms with E-state index in [0.717, 1.165) is 19.6 Å². The van der Waals surface area contributed by atoms with Crippen molar-refractivity contribution in [3.8, 4) is 0 Å². The highest BCUT2D eigenvalue weighted by Gasteiger charge is 2.13. The maximum Gasteiger partial charge on any atom is 0.304 e. The largest absolute Gasteiger partial charge is 0.481 e. The van der Waals surface area contributed by atoms with E-state index in [-0.39, 0.29) is 6.42 Å². The lowest BCUT2D eigenvalue weighted by molar-refractivity contribution is -0.137. The Morgan fingerprint density at radius 1 is 1.22 bits per heavy atom. The summed E-state index contributed by atoms with van der Waals surface area (Å²) >= 11 is 0.